The van der Waals surface area contributed by atoms with Crippen molar-refractivity contribution >= 4 is 74.8 Å². The Kier molecular flexibility index (Phi) is 22.0. The fraction of sp³-hybridized carbons (Fsp3) is 0.310. The fourth-order valence-corrected chi connectivity index (χ4v) is 9.85. The Balaban J connectivity index is 0.000000237. The summed E-state index contributed by atoms with van der Waals surface area (Å²) in [7, 11) is 0. The average Bonchev–Trinajstić information content (AvgIpc) is 3.67. The zero-order valence-corrected chi connectivity index (χ0v) is 42.2. The smallest absolute Gasteiger partial charge is 0.0178 e. The van der Waals surface area contributed by atoms with Crippen LogP contribution in [0.1, 0.15) is 102 Å². The summed E-state index contributed by atoms with van der Waals surface area (Å²) in [5.41, 5.74) is 8.45. The Hall–Kier alpha value is -3.26. The van der Waals surface area contributed by atoms with Crippen molar-refractivity contribution in [1.29, 1.82) is 0 Å². The second-order valence-electron chi connectivity index (χ2n) is 17.1. The van der Waals surface area contributed by atoms with E-state index in [1.165, 1.54) is 190 Å². The standard InChI is InChI=1S/2C27H27.C3H7.CH3.2ClH.Si.Zr/c2*1-2-4-9-20(8-3-1)16-21-17-24-12-7-13-26(27(24)18-21)25-15-14-22-10-5-6-11-23(22)19-25;1-3-2;;;;;/h2*5-7,10-15,17-20H,1-4,8-9,16H2;1,3H2,2H3;1H3;2*1H;;/q4*-1;;;;. The van der Waals surface area contributed by atoms with Crippen LogP contribution in [0.5, 0.6) is 0 Å². The third-order valence-corrected chi connectivity index (χ3v) is 12.7. The molecule has 0 aromatic heterocycles. The van der Waals surface area contributed by atoms with Crippen molar-refractivity contribution in [1.82, 2.24) is 0 Å². The van der Waals surface area contributed by atoms with Crippen LogP contribution in [0.15, 0.2) is 146 Å². The van der Waals surface area contributed by atoms with Gasteiger partial charge in [0.25, 0.3) is 0 Å². The summed E-state index contributed by atoms with van der Waals surface area (Å²) in [5, 5.41) is 10.9. The molecule has 0 heterocycles. The van der Waals surface area contributed by atoms with E-state index < -0.39 is 0 Å². The molecule has 2 aliphatic rings. The molecule has 0 unspecified atom stereocenters. The topological polar surface area (TPSA) is 0 Å². The first kappa shape index (κ1) is 51.4. The van der Waals surface area contributed by atoms with Crippen LogP contribution in [0.3, 0.4) is 0 Å². The zero-order chi connectivity index (χ0) is 40.8. The van der Waals surface area contributed by atoms with E-state index in [1.54, 1.807) is 0 Å². The summed E-state index contributed by atoms with van der Waals surface area (Å²) in [6.07, 6.45) is 20.6. The van der Waals surface area contributed by atoms with Crippen LogP contribution >= 0.6 is 24.8 Å². The fourth-order valence-electron chi connectivity index (χ4n) is 9.85. The number of halogens is 2. The molecule has 0 saturated heterocycles. The van der Waals surface area contributed by atoms with Crippen molar-refractivity contribution in [3.05, 3.63) is 171 Å². The van der Waals surface area contributed by atoms with Gasteiger partial charge in [-0.15, -0.1) is 93.9 Å². The van der Waals surface area contributed by atoms with Crippen LogP contribution in [0.2, 0.25) is 0 Å². The quantitative estimate of drug-likeness (QED) is 0.0885. The van der Waals surface area contributed by atoms with Crippen molar-refractivity contribution in [2.24, 2.45) is 11.8 Å². The van der Waals surface area contributed by atoms with E-state index in [2.05, 4.69) is 159 Å². The molecule has 2 saturated carbocycles. The van der Waals surface area contributed by atoms with E-state index in [-0.39, 0.29) is 32.2 Å². The predicted octanol–water partition coefficient (Wildman–Crippen LogP) is 17.9. The third kappa shape index (κ3) is 13.4. The van der Waals surface area contributed by atoms with Gasteiger partial charge in [-0.1, -0.05) is 180 Å². The number of rotatable bonds is 6. The third-order valence-electron chi connectivity index (χ3n) is 12.7. The molecule has 0 N–H and O–H groups in total. The maximum Gasteiger partial charge on any atom is -0.0178 e. The van der Waals surface area contributed by atoms with Crippen LogP contribution in [0, 0.1) is 26.2 Å². The number of fused-ring (bicyclic) bond motifs is 4. The Morgan fingerprint density at radius 1 is 0.484 bits per heavy atom. The second kappa shape index (κ2) is 26.5. The van der Waals surface area contributed by atoms with Gasteiger partial charge < -0.3 is 14.4 Å². The van der Waals surface area contributed by atoms with Crippen molar-refractivity contribution in [3.8, 4) is 22.3 Å². The van der Waals surface area contributed by atoms with E-state index >= 15 is 0 Å². The van der Waals surface area contributed by atoms with Gasteiger partial charge in [0.1, 0.15) is 0 Å². The molecule has 2 aliphatic carbocycles. The van der Waals surface area contributed by atoms with Gasteiger partial charge in [-0.25, -0.2) is 0 Å². The van der Waals surface area contributed by atoms with E-state index in [1.807, 2.05) is 6.92 Å². The number of benzene rings is 6. The number of hydrogen-bond donors (Lipinski definition) is 0. The molecule has 4 heteroatoms. The SMILES string of the molecule is Cl.Cl.[CH2-]CC.[CH3-].[Si]=[Zr].c1ccc2cc(-c3cccc4[cH-]c(CC5CCCCCC5)cc34)ccc2c1.c1ccc2cc(-c3cccc4[cH-]c(CC5CCCCCC5)cc34)ccc2c1. The molecule has 8 aromatic rings. The second-order valence-corrected chi connectivity index (χ2v) is 17.1. The summed E-state index contributed by atoms with van der Waals surface area (Å²) in [5.74, 6) is 1.77. The van der Waals surface area contributed by atoms with E-state index in [4.69, 9.17) is 0 Å². The van der Waals surface area contributed by atoms with Gasteiger partial charge in [0.2, 0.25) is 0 Å². The molecule has 0 aliphatic heterocycles. The first-order valence-electron chi connectivity index (χ1n) is 22.5. The summed E-state index contributed by atoms with van der Waals surface area (Å²) in [4.78, 5) is 0. The van der Waals surface area contributed by atoms with Crippen LogP contribution in [-0.2, 0) is 36.2 Å². The van der Waals surface area contributed by atoms with Gasteiger partial charge in [0.15, 0.2) is 0 Å². The first-order chi connectivity index (χ1) is 29.1. The van der Waals surface area contributed by atoms with E-state index in [9.17, 15) is 0 Å². The molecule has 8 aromatic carbocycles. The predicted molar refractivity (Wildman–Crippen MR) is 277 cm³/mol. The van der Waals surface area contributed by atoms with Gasteiger partial charge in [0, 0.05) is 0 Å². The molecule has 62 heavy (non-hydrogen) atoms. The maximum atomic E-state index is 3.49. The Morgan fingerprint density at radius 2 is 0.839 bits per heavy atom. The average molecular weight is 953 g/mol. The van der Waals surface area contributed by atoms with Crippen LogP contribution in [0.25, 0.3) is 65.3 Å². The molecular formula is C58H66Cl2SiZr-4. The monoisotopic (exact) mass is 950 g/mol. The maximum absolute atomic E-state index is 3.49. The van der Waals surface area contributed by atoms with Crippen molar-refractivity contribution < 1.29 is 23.3 Å². The van der Waals surface area contributed by atoms with Crippen LogP contribution in [-0.4, -0.2) is 6.88 Å². The largest absolute Gasteiger partial charge is 0.164 e. The molecule has 0 atom stereocenters. The minimum absolute atomic E-state index is 0. The molecule has 0 spiro atoms. The molecular weight excluding hydrogens is 887 g/mol. The summed E-state index contributed by atoms with van der Waals surface area (Å²) in [6, 6.07) is 54.3. The van der Waals surface area contributed by atoms with Gasteiger partial charge >= 0.3 is 30.2 Å². The van der Waals surface area contributed by atoms with E-state index in [0.717, 1.165) is 18.3 Å². The van der Waals surface area contributed by atoms with Gasteiger partial charge in [-0.3, -0.25) is 0 Å². The Labute approximate surface area is 403 Å². The summed E-state index contributed by atoms with van der Waals surface area (Å²) in [6.45, 7) is 8.56. The molecule has 10 rings (SSSR count). The van der Waals surface area contributed by atoms with Crippen molar-refractivity contribution in [3.63, 3.8) is 0 Å². The van der Waals surface area contributed by atoms with Gasteiger partial charge in [-0.2, -0.15) is 18.6 Å². The molecule has 2 fully saturated rings. The molecule has 0 bridgehead atoms. The molecule has 2 radical (unpaired) electrons. The van der Waals surface area contributed by atoms with Gasteiger partial charge in [-0.05, 0) is 69.5 Å². The van der Waals surface area contributed by atoms with Crippen LogP contribution < -0.4 is 0 Å². The Morgan fingerprint density at radius 3 is 1.21 bits per heavy atom. The zero-order valence-electron chi connectivity index (χ0n) is 37.1. The number of hydrogen-bond acceptors (Lipinski definition) is 0. The minimum Gasteiger partial charge on any atom is -0.164 e. The molecule has 324 valence electrons. The first-order valence-corrected chi connectivity index (χ1v) is 26.7. The molecule has 0 nitrogen and oxygen atoms in total. The van der Waals surface area contributed by atoms with E-state index in [0.29, 0.717) is 0 Å². The summed E-state index contributed by atoms with van der Waals surface area (Å²) >= 11 is 1.36. The minimum atomic E-state index is 0. The summed E-state index contributed by atoms with van der Waals surface area (Å²) < 4.78 is 0. The Bertz CT molecular complexity index is 2350. The van der Waals surface area contributed by atoms with Crippen LogP contribution in [0.4, 0.5) is 0 Å². The van der Waals surface area contributed by atoms with Crippen molar-refractivity contribution in [2.75, 3.05) is 0 Å². The van der Waals surface area contributed by atoms with Gasteiger partial charge in [0.05, 0.1) is 0 Å². The normalized spacial score (nSPS) is 14.3. The van der Waals surface area contributed by atoms with Crippen molar-refractivity contribution in [2.45, 2.75) is 103 Å². The molecule has 0 amide bonds.